The van der Waals surface area contributed by atoms with E-state index in [1.165, 1.54) is 19.3 Å². The van der Waals surface area contributed by atoms with Crippen LogP contribution in [-0.4, -0.2) is 92.4 Å². The smallest absolute Gasteiger partial charge is 0.189 e. The highest BCUT2D eigenvalue weighted by atomic mass is 16.7. The van der Waals surface area contributed by atoms with Crippen LogP contribution >= 0.6 is 0 Å². The van der Waals surface area contributed by atoms with Crippen molar-refractivity contribution in [3.8, 4) is 0 Å². The van der Waals surface area contributed by atoms with Gasteiger partial charge in [-0.05, 0) is 63.0 Å². The number of allylic oxidation sites excluding steroid dienone is 3. The first-order valence-corrected chi connectivity index (χ1v) is 13.6. The second-order valence-electron chi connectivity index (χ2n) is 11.4. The maximum Gasteiger partial charge on any atom is 0.189 e. The van der Waals surface area contributed by atoms with Crippen molar-refractivity contribution < 1.29 is 33.9 Å². The molecule has 1 spiro atoms. The van der Waals surface area contributed by atoms with E-state index in [1.807, 2.05) is 6.08 Å². The number of nitrogens with zero attached hydrogens (tertiary/aromatic N) is 1. The molecule has 0 radical (unpaired) electrons. The first-order chi connectivity index (χ1) is 17.1. The lowest BCUT2D eigenvalue weighted by molar-refractivity contribution is -0.273. The molecule has 2 N–H and O–H groups in total. The minimum atomic E-state index is -0.813. The number of ether oxygens (including phenoxy) is 5. The number of likely N-dealkylation sites (tertiary alicyclic amines) is 1. The van der Waals surface area contributed by atoms with Crippen LogP contribution in [0.3, 0.4) is 0 Å². The molecule has 4 aliphatic carbocycles. The number of rotatable bonds is 11. The molecule has 2 heterocycles. The molecule has 196 valence electrons. The maximum absolute atomic E-state index is 12.6. The fraction of sp³-hybridized carbons (Fsp3) is 0.852. The van der Waals surface area contributed by atoms with Gasteiger partial charge in [0.25, 0.3) is 0 Å². The summed E-state index contributed by atoms with van der Waals surface area (Å²) < 4.78 is 29.6. The van der Waals surface area contributed by atoms with Crippen molar-refractivity contribution >= 4 is 0 Å². The fourth-order valence-electron chi connectivity index (χ4n) is 8.21. The number of methoxy groups -OCH3 is 1. The van der Waals surface area contributed by atoms with Crippen molar-refractivity contribution in [3.63, 3.8) is 0 Å². The first-order valence-electron chi connectivity index (χ1n) is 13.6. The molecule has 8 heteroatoms. The van der Waals surface area contributed by atoms with E-state index in [4.69, 9.17) is 23.7 Å². The third-order valence-corrected chi connectivity index (χ3v) is 9.89. The van der Waals surface area contributed by atoms with E-state index in [0.717, 1.165) is 44.0 Å². The van der Waals surface area contributed by atoms with Gasteiger partial charge in [-0.2, -0.15) is 0 Å². The van der Waals surface area contributed by atoms with Gasteiger partial charge in [-0.1, -0.05) is 12.5 Å². The van der Waals surface area contributed by atoms with E-state index in [0.29, 0.717) is 37.9 Å². The second-order valence-corrected chi connectivity index (χ2v) is 11.4. The topological polar surface area (TPSA) is 89.9 Å². The molecule has 6 rings (SSSR count). The first kappa shape index (κ1) is 24.2. The van der Waals surface area contributed by atoms with Gasteiger partial charge in [-0.15, -0.1) is 0 Å². The summed E-state index contributed by atoms with van der Waals surface area (Å²) in [6.45, 7) is 3.50. The Morgan fingerprint density at radius 1 is 1.17 bits per heavy atom. The van der Waals surface area contributed by atoms with Gasteiger partial charge in [-0.3, -0.25) is 4.90 Å². The van der Waals surface area contributed by atoms with Gasteiger partial charge in [-0.25, -0.2) is 0 Å². The zero-order valence-corrected chi connectivity index (χ0v) is 20.9. The Hall–Kier alpha value is -1.16. The quantitative estimate of drug-likeness (QED) is 0.336. The van der Waals surface area contributed by atoms with Crippen LogP contribution in [0.2, 0.25) is 0 Å². The molecule has 4 unspecified atom stereocenters. The van der Waals surface area contributed by atoms with Crippen molar-refractivity contribution in [1.29, 1.82) is 0 Å². The van der Waals surface area contributed by atoms with E-state index in [1.54, 1.807) is 7.11 Å². The van der Waals surface area contributed by atoms with Crippen LogP contribution in [0.1, 0.15) is 44.9 Å². The molecule has 0 aromatic heterocycles. The molecule has 6 aliphatic rings. The van der Waals surface area contributed by atoms with E-state index >= 15 is 0 Å². The maximum atomic E-state index is 12.6. The van der Waals surface area contributed by atoms with Crippen LogP contribution < -0.4 is 0 Å². The van der Waals surface area contributed by atoms with Crippen LogP contribution in [0.4, 0.5) is 0 Å². The molecule has 2 bridgehead atoms. The van der Waals surface area contributed by atoms with Gasteiger partial charge in [0, 0.05) is 25.6 Å². The molecule has 7 atom stereocenters. The third-order valence-electron chi connectivity index (χ3n) is 9.89. The SMILES string of the molecule is COCCOCOC1=C2OC3C(OCCO)CC[C@@]4(O)[C@H]5CC(C=C1)C2[C@@]34CCN5CC1CCC1. The normalized spacial score (nSPS) is 42.0. The minimum Gasteiger partial charge on any atom is -0.487 e. The van der Waals surface area contributed by atoms with Crippen molar-refractivity contribution in [2.75, 3.05) is 53.4 Å². The van der Waals surface area contributed by atoms with Gasteiger partial charge >= 0.3 is 0 Å². The summed E-state index contributed by atoms with van der Waals surface area (Å²) in [7, 11) is 1.65. The zero-order chi connectivity index (χ0) is 24.0. The molecule has 5 fully saturated rings. The average Bonchev–Trinajstić information content (AvgIpc) is 3.18. The van der Waals surface area contributed by atoms with Crippen molar-refractivity contribution in [1.82, 2.24) is 4.90 Å². The molecule has 35 heavy (non-hydrogen) atoms. The Morgan fingerprint density at radius 2 is 2.06 bits per heavy atom. The van der Waals surface area contributed by atoms with Crippen molar-refractivity contribution in [3.05, 3.63) is 23.7 Å². The van der Waals surface area contributed by atoms with E-state index < -0.39 is 11.0 Å². The summed E-state index contributed by atoms with van der Waals surface area (Å²) in [5.74, 6) is 2.75. The Labute approximate surface area is 208 Å². The van der Waals surface area contributed by atoms with Gasteiger partial charge in [0.1, 0.15) is 11.9 Å². The summed E-state index contributed by atoms with van der Waals surface area (Å²) in [6.07, 6.45) is 11.2. The third kappa shape index (κ3) is 3.70. The molecule has 3 saturated carbocycles. The molecular weight excluding hydrogens is 450 g/mol. The van der Waals surface area contributed by atoms with Gasteiger partial charge in [0.05, 0.1) is 43.5 Å². The van der Waals surface area contributed by atoms with Crippen molar-refractivity contribution in [2.45, 2.75) is 68.8 Å². The summed E-state index contributed by atoms with van der Waals surface area (Å²) in [4.78, 5) is 2.61. The van der Waals surface area contributed by atoms with E-state index in [-0.39, 0.29) is 37.6 Å². The van der Waals surface area contributed by atoms with Gasteiger partial charge in [0.15, 0.2) is 12.6 Å². The number of hydrogen-bond acceptors (Lipinski definition) is 8. The Bertz CT molecular complexity index is 843. The minimum absolute atomic E-state index is 0.0121. The Morgan fingerprint density at radius 3 is 2.83 bits per heavy atom. The summed E-state index contributed by atoms with van der Waals surface area (Å²) in [6, 6.07) is 0.145. The Kier molecular flexibility index (Phi) is 6.65. The molecular formula is C27H41NO7. The van der Waals surface area contributed by atoms with Gasteiger partial charge < -0.3 is 33.9 Å². The summed E-state index contributed by atoms with van der Waals surface area (Å²) >= 11 is 0. The molecule has 0 aromatic rings. The van der Waals surface area contributed by atoms with Crippen LogP contribution in [0, 0.1) is 23.2 Å². The van der Waals surface area contributed by atoms with E-state index in [9.17, 15) is 10.2 Å². The highest BCUT2D eigenvalue weighted by molar-refractivity contribution is 5.38. The fourth-order valence-corrected chi connectivity index (χ4v) is 8.21. The summed E-state index contributed by atoms with van der Waals surface area (Å²) in [5.41, 5.74) is -1.21. The molecule has 2 aliphatic heterocycles. The molecule has 0 aromatic carbocycles. The lowest BCUT2D eigenvalue weighted by Crippen LogP contribution is -2.77. The van der Waals surface area contributed by atoms with Crippen molar-refractivity contribution in [2.24, 2.45) is 23.2 Å². The Balaban J connectivity index is 1.32. The standard InChI is InChI=1S/C27H41NO7/c1-31-13-14-32-17-34-20-6-5-19-15-22-27(30)8-7-21(33-12-11-29)25-26(27,23(19)24(20)35-25)9-10-28(22)16-18-3-2-4-18/h5-6,18-19,21-23,25,29-30H,2-4,7-17H2,1H3/t19?,21?,22-,23?,25?,26+,27-/m1/s1. The number of aliphatic hydroxyl groups is 2. The summed E-state index contributed by atoms with van der Waals surface area (Å²) in [5, 5.41) is 22.1. The van der Waals surface area contributed by atoms with Crippen LogP contribution in [0.25, 0.3) is 0 Å². The van der Waals surface area contributed by atoms with E-state index in [2.05, 4.69) is 11.0 Å². The predicted molar refractivity (Wildman–Crippen MR) is 127 cm³/mol. The second kappa shape index (κ2) is 9.62. The molecule has 2 saturated heterocycles. The monoisotopic (exact) mass is 491 g/mol. The average molecular weight is 492 g/mol. The van der Waals surface area contributed by atoms with Crippen LogP contribution in [0.5, 0.6) is 0 Å². The zero-order valence-electron chi connectivity index (χ0n) is 20.9. The number of piperidine rings is 1. The van der Waals surface area contributed by atoms with Crippen LogP contribution in [-0.2, 0) is 23.7 Å². The highest BCUT2D eigenvalue weighted by Gasteiger charge is 2.77. The van der Waals surface area contributed by atoms with Crippen LogP contribution in [0.15, 0.2) is 23.7 Å². The highest BCUT2D eigenvalue weighted by Crippen LogP contribution is 2.70. The van der Waals surface area contributed by atoms with Gasteiger partial charge in [0.2, 0.25) is 0 Å². The lowest BCUT2D eigenvalue weighted by Gasteiger charge is -2.67. The lowest BCUT2D eigenvalue weighted by atomic mass is 9.44. The largest absolute Gasteiger partial charge is 0.487 e. The number of aliphatic hydroxyl groups excluding tert-OH is 1. The number of hydrogen-bond donors (Lipinski definition) is 2. The predicted octanol–water partition coefficient (Wildman–Crippen LogP) is 2.20. The molecule has 8 nitrogen and oxygen atoms in total. The molecule has 0 amide bonds.